The molecule has 16 heteroatoms. The van der Waals surface area contributed by atoms with Gasteiger partial charge in [0.1, 0.15) is 23.9 Å². The van der Waals surface area contributed by atoms with E-state index in [1.807, 2.05) is 39.0 Å². The van der Waals surface area contributed by atoms with Crippen molar-refractivity contribution in [2.75, 3.05) is 46.4 Å². The lowest BCUT2D eigenvalue weighted by molar-refractivity contribution is -0.155. The average Bonchev–Trinajstić information content (AvgIpc) is 4.10. The fourth-order valence-corrected chi connectivity index (χ4v) is 11.4. The third-order valence-corrected chi connectivity index (χ3v) is 15.1. The van der Waals surface area contributed by atoms with Crippen LogP contribution in [0, 0.1) is 16.7 Å². The highest BCUT2D eigenvalue weighted by molar-refractivity contribution is 5.97. The number of hydrazine groups is 1. The molecule has 6 atom stereocenters. The van der Waals surface area contributed by atoms with Gasteiger partial charge in [-0.25, -0.2) is 5.43 Å². The summed E-state index contributed by atoms with van der Waals surface area (Å²) in [6.45, 7) is 15.0. The number of esters is 1. The fraction of sp³-hybridized carbons (Fsp3) is 0.547. The number of carbonyl (C=O) groups is 5. The second-order valence-corrected chi connectivity index (χ2v) is 21.1. The summed E-state index contributed by atoms with van der Waals surface area (Å²) in [5, 5.41) is 20.0. The van der Waals surface area contributed by atoms with Gasteiger partial charge in [0.25, 0.3) is 5.91 Å². The molecule has 5 aliphatic heterocycles. The number of phenolic OH excluding ortho intramolecular Hbond substituents is 1. The number of hydrogen-bond donors (Lipinski definition) is 4. The van der Waals surface area contributed by atoms with E-state index in [9.17, 15) is 29.1 Å². The van der Waals surface area contributed by atoms with E-state index in [1.54, 1.807) is 35.2 Å². The molecule has 69 heavy (non-hydrogen) atoms. The SMILES string of the molecule is CCn1c(-c2cccnc2[C@H](C)OC)c2c3cc(ccc31)-c1cc(O)cc(c1)C[C@H](NC(=O)[C@H](C(C)C)N1CC[C@]3(CCCN(C(=O)[C@H]4CN4)C3)C1=O)C(=O)N1CCC[C@H](N1)C(=O)OCC(C)(C)C2. The van der Waals surface area contributed by atoms with Crippen LogP contribution in [-0.4, -0.2) is 130 Å². The Morgan fingerprint density at radius 2 is 1.81 bits per heavy atom. The summed E-state index contributed by atoms with van der Waals surface area (Å²) >= 11 is 0. The van der Waals surface area contributed by atoms with Crippen molar-refractivity contribution in [3.05, 3.63) is 71.5 Å². The van der Waals surface area contributed by atoms with Crippen LogP contribution in [0.5, 0.6) is 5.75 Å². The molecule has 0 aliphatic carbocycles. The molecule has 2 aromatic heterocycles. The van der Waals surface area contributed by atoms with Crippen LogP contribution < -0.4 is 16.1 Å². The number of nitrogens with zero attached hydrogens (tertiary/aromatic N) is 5. The van der Waals surface area contributed by atoms with Gasteiger partial charge in [-0.05, 0) is 117 Å². The van der Waals surface area contributed by atoms with Crippen LogP contribution in [0.2, 0.25) is 0 Å². The number of likely N-dealkylation sites (tertiary alicyclic amines) is 2. The molecule has 5 aliphatic rings. The zero-order valence-corrected chi connectivity index (χ0v) is 41.1. The van der Waals surface area contributed by atoms with Gasteiger partial charge >= 0.3 is 5.97 Å². The smallest absolute Gasteiger partial charge is 0.324 e. The van der Waals surface area contributed by atoms with E-state index in [-0.39, 0.29) is 55.2 Å². The van der Waals surface area contributed by atoms with Gasteiger partial charge < -0.3 is 39.6 Å². The van der Waals surface area contributed by atoms with Crippen molar-refractivity contribution >= 4 is 40.5 Å². The summed E-state index contributed by atoms with van der Waals surface area (Å²) in [4.78, 5) is 79.6. The third-order valence-electron chi connectivity index (χ3n) is 15.1. The van der Waals surface area contributed by atoms with Crippen LogP contribution in [0.15, 0.2) is 54.7 Å². The topological polar surface area (TPSA) is 198 Å². The lowest BCUT2D eigenvalue weighted by atomic mass is 9.78. The predicted octanol–water partition coefficient (Wildman–Crippen LogP) is 5.29. The van der Waals surface area contributed by atoms with Crippen LogP contribution in [0.1, 0.15) is 96.6 Å². The fourth-order valence-electron chi connectivity index (χ4n) is 11.4. The first kappa shape index (κ1) is 48.2. The lowest BCUT2D eigenvalue weighted by Gasteiger charge is -2.40. The minimum Gasteiger partial charge on any atom is -0.508 e. The van der Waals surface area contributed by atoms with E-state index < -0.39 is 46.7 Å². The number of aryl methyl sites for hydroxylation is 1. The van der Waals surface area contributed by atoms with E-state index in [4.69, 9.17) is 14.5 Å². The molecule has 4 fully saturated rings. The number of methoxy groups -OCH3 is 1. The first-order chi connectivity index (χ1) is 33.0. The molecule has 16 nitrogen and oxygen atoms in total. The first-order valence-corrected chi connectivity index (χ1v) is 24.9. The molecule has 7 heterocycles. The van der Waals surface area contributed by atoms with Gasteiger partial charge in [-0.2, -0.15) is 0 Å². The minimum atomic E-state index is -1.15. The summed E-state index contributed by atoms with van der Waals surface area (Å²) in [5.41, 5.74) is 8.87. The van der Waals surface area contributed by atoms with Crippen molar-refractivity contribution in [1.29, 1.82) is 0 Å². The number of hydrogen-bond acceptors (Lipinski definition) is 11. The highest BCUT2D eigenvalue weighted by atomic mass is 16.5. The number of piperidine rings is 1. The number of phenols is 1. The Labute approximate surface area is 404 Å². The van der Waals surface area contributed by atoms with Crippen LogP contribution in [0.25, 0.3) is 33.3 Å². The van der Waals surface area contributed by atoms with Crippen molar-refractivity contribution < 1.29 is 38.6 Å². The van der Waals surface area contributed by atoms with Crippen molar-refractivity contribution in [2.45, 2.75) is 123 Å². The number of carbonyl (C=O) groups excluding carboxylic acids is 5. The molecule has 4 saturated heterocycles. The van der Waals surface area contributed by atoms with E-state index in [1.165, 1.54) is 5.01 Å². The number of fused-ring (bicyclic) bond motifs is 6. The standard InChI is InChI=1S/C53H68N8O8/c1-8-59-43-15-14-34-26-38(43)39(46(59)37-12-9-18-54-44(37)32(4)68-7)27-52(5,6)30-69-50(66)40-13-10-20-61(57-40)49(65)41(24-33-22-35(34)25-36(62)23-33)56-47(63)45(31(2)3)60-21-17-53(51(60)67)16-11-19-58(29-53)48(64)42-28-55-42/h9,12,14-15,18,22-23,25-26,31-32,40-42,45,55,57,62H,8,10-11,13,16-17,19-21,24,27-30H2,1-7H3,(H,56,63)/t32-,40-,41-,42+,45-,53-/m0/s1. The quantitative estimate of drug-likeness (QED) is 0.126. The largest absolute Gasteiger partial charge is 0.508 e. The van der Waals surface area contributed by atoms with Crippen molar-refractivity contribution in [2.24, 2.45) is 16.7 Å². The van der Waals surface area contributed by atoms with Crippen LogP contribution in [-0.2, 0) is 52.8 Å². The zero-order valence-electron chi connectivity index (χ0n) is 41.1. The summed E-state index contributed by atoms with van der Waals surface area (Å²) in [6.07, 6.45) is 4.89. The lowest BCUT2D eigenvalue weighted by Crippen LogP contribution is -2.62. The Kier molecular flexibility index (Phi) is 13.4. The molecule has 368 valence electrons. The van der Waals surface area contributed by atoms with Gasteiger partial charge in [-0.3, -0.25) is 34.0 Å². The number of cyclic esters (lactones) is 1. The number of pyridine rings is 1. The van der Waals surface area contributed by atoms with E-state index >= 15 is 0 Å². The average molecular weight is 945 g/mol. The number of ether oxygens (including phenoxy) is 2. The molecule has 6 bridgehead atoms. The Bertz CT molecular complexity index is 2660. The molecule has 4 amide bonds. The third kappa shape index (κ3) is 9.47. The molecule has 1 spiro atoms. The second kappa shape index (κ2) is 19.2. The van der Waals surface area contributed by atoms with Crippen molar-refractivity contribution in [1.82, 2.24) is 40.4 Å². The molecular weight excluding hydrogens is 877 g/mol. The molecular formula is C53H68N8O8. The van der Waals surface area contributed by atoms with E-state index in [0.717, 1.165) is 44.5 Å². The van der Waals surface area contributed by atoms with Gasteiger partial charge in [-0.15, -0.1) is 0 Å². The summed E-state index contributed by atoms with van der Waals surface area (Å²) in [6, 6.07) is 12.5. The Hall–Kier alpha value is -5.84. The molecule has 4 N–H and O–H groups in total. The van der Waals surface area contributed by atoms with Crippen molar-refractivity contribution in [3.8, 4) is 28.1 Å². The Morgan fingerprint density at radius 3 is 2.55 bits per heavy atom. The highest BCUT2D eigenvalue weighted by Gasteiger charge is 2.53. The predicted molar refractivity (Wildman–Crippen MR) is 260 cm³/mol. The molecule has 0 radical (unpaired) electrons. The van der Waals surface area contributed by atoms with E-state index in [0.29, 0.717) is 76.8 Å². The van der Waals surface area contributed by atoms with Gasteiger partial charge in [0.15, 0.2) is 0 Å². The van der Waals surface area contributed by atoms with Crippen LogP contribution >= 0.6 is 0 Å². The minimum absolute atomic E-state index is 0.000607. The van der Waals surface area contributed by atoms with Crippen LogP contribution in [0.4, 0.5) is 0 Å². The van der Waals surface area contributed by atoms with Gasteiger partial charge in [0.2, 0.25) is 17.7 Å². The number of amides is 4. The van der Waals surface area contributed by atoms with Gasteiger partial charge in [-0.1, -0.05) is 39.8 Å². The van der Waals surface area contributed by atoms with Crippen molar-refractivity contribution in [3.63, 3.8) is 0 Å². The summed E-state index contributed by atoms with van der Waals surface area (Å²) in [7, 11) is 1.68. The summed E-state index contributed by atoms with van der Waals surface area (Å²) < 4.78 is 14.3. The number of benzene rings is 2. The second-order valence-electron chi connectivity index (χ2n) is 21.1. The summed E-state index contributed by atoms with van der Waals surface area (Å²) in [5.74, 6) is -1.82. The Morgan fingerprint density at radius 1 is 1.01 bits per heavy atom. The normalized spacial score (nSPS) is 24.9. The molecule has 0 unspecified atom stereocenters. The number of nitrogens with one attached hydrogen (secondary N) is 3. The first-order valence-electron chi connectivity index (χ1n) is 24.9. The Balaban J connectivity index is 1.09. The number of aromatic nitrogens is 2. The molecule has 4 aromatic rings. The van der Waals surface area contributed by atoms with Gasteiger partial charge in [0, 0.05) is 80.9 Å². The zero-order chi connectivity index (χ0) is 48.9. The van der Waals surface area contributed by atoms with Gasteiger partial charge in [0.05, 0.1) is 35.6 Å². The highest BCUT2D eigenvalue weighted by Crippen LogP contribution is 2.44. The maximum atomic E-state index is 14.9. The molecule has 2 aromatic carbocycles. The molecule has 9 rings (SSSR count). The van der Waals surface area contributed by atoms with E-state index in [2.05, 4.69) is 59.6 Å². The monoisotopic (exact) mass is 945 g/mol. The molecule has 0 saturated carbocycles. The number of aromatic hydroxyl groups is 1. The maximum absolute atomic E-state index is 14.9. The number of rotatable bonds is 9. The maximum Gasteiger partial charge on any atom is 0.324 e. The van der Waals surface area contributed by atoms with Crippen LogP contribution in [0.3, 0.4) is 0 Å².